The van der Waals surface area contributed by atoms with E-state index in [1.54, 1.807) is 6.92 Å². The molecule has 3 aliphatic rings. The Bertz CT molecular complexity index is 399. The molecule has 0 bridgehead atoms. The molecule has 0 spiro atoms. The molecule has 5 atom stereocenters. The molecule has 1 aliphatic carbocycles. The van der Waals surface area contributed by atoms with Crippen LogP contribution in [-0.4, -0.2) is 36.5 Å². The maximum Gasteiger partial charge on any atom is 0.333 e. The van der Waals surface area contributed by atoms with E-state index < -0.39 is 0 Å². The first-order chi connectivity index (χ1) is 8.98. The third-order valence-corrected chi connectivity index (χ3v) is 4.54. The van der Waals surface area contributed by atoms with Crippen molar-refractivity contribution in [3.63, 3.8) is 0 Å². The summed E-state index contributed by atoms with van der Waals surface area (Å²) in [5.74, 6) is 0.269. The van der Waals surface area contributed by atoms with Gasteiger partial charge in [-0.3, -0.25) is 0 Å². The Balaban J connectivity index is 1.59. The summed E-state index contributed by atoms with van der Waals surface area (Å²) in [6.07, 6.45) is 5.11. The fourth-order valence-corrected chi connectivity index (χ4v) is 2.96. The van der Waals surface area contributed by atoms with E-state index in [4.69, 9.17) is 14.2 Å². The second-order valence-electron chi connectivity index (χ2n) is 6.40. The van der Waals surface area contributed by atoms with Crippen molar-refractivity contribution in [1.82, 2.24) is 0 Å². The Morgan fingerprint density at radius 1 is 1.47 bits per heavy atom. The highest BCUT2D eigenvalue weighted by molar-refractivity contribution is 5.87. The van der Waals surface area contributed by atoms with Crippen LogP contribution in [0.5, 0.6) is 0 Å². The van der Waals surface area contributed by atoms with Crippen molar-refractivity contribution in [1.29, 1.82) is 0 Å². The van der Waals surface area contributed by atoms with Gasteiger partial charge in [0.05, 0.1) is 18.8 Å². The quantitative estimate of drug-likeness (QED) is 0.435. The number of hydrogen-bond donors (Lipinski definition) is 0. The molecule has 0 radical (unpaired) electrons. The molecule has 2 saturated heterocycles. The third-order valence-electron chi connectivity index (χ3n) is 4.54. The van der Waals surface area contributed by atoms with Crippen molar-refractivity contribution in [3.05, 3.63) is 12.2 Å². The van der Waals surface area contributed by atoms with Crippen LogP contribution in [0.15, 0.2) is 12.2 Å². The van der Waals surface area contributed by atoms with Crippen molar-refractivity contribution in [2.45, 2.75) is 63.4 Å². The minimum absolute atomic E-state index is 0.156. The number of carbonyl (C=O) groups excluding carboxylic acids is 1. The molecule has 4 heteroatoms. The summed E-state index contributed by atoms with van der Waals surface area (Å²) in [5, 5.41) is 0. The van der Waals surface area contributed by atoms with Gasteiger partial charge in [0, 0.05) is 5.57 Å². The van der Waals surface area contributed by atoms with Crippen LogP contribution in [0, 0.1) is 5.92 Å². The summed E-state index contributed by atoms with van der Waals surface area (Å²) in [4.78, 5) is 11.7. The van der Waals surface area contributed by atoms with E-state index >= 15 is 0 Å². The lowest BCUT2D eigenvalue weighted by atomic mass is 9.83. The maximum atomic E-state index is 11.7. The van der Waals surface area contributed by atoms with Gasteiger partial charge >= 0.3 is 5.97 Å². The van der Waals surface area contributed by atoms with Gasteiger partial charge in [0.2, 0.25) is 0 Å². The lowest BCUT2D eigenvalue weighted by molar-refractivity contribution is -0.148. The second kappa shape index (κ2) is 4.60. The predicted octanol–water partition coefficient (Wildman–Crippen LogP) is 2.22. The van der Waals surface area contributed by atoms with Gasteiger partial charge in [-0.15, -0.1) is 0 Å². The Morgan fingerprint density at radius 3 is 2.79 bits per heavy atom. The SMILES string of the molecule is C=C(C)C(=O)OC(CC1CCC2OC2C1)C1(C)CO1. The monoisotopic (exact) mass is 266 g/mol. The summed E-state index contributed by atoms with van der Waals surface area (Å²) in [6, 6.07) is 0. The molecule has 2 heterocycles. The highest BCUT2D eigenvalue weighted by Gasteiger charge is 2.52. The van der Waals surface area contributed by atoms with Crippen LogP contribution in [0.25, 0.3) is 0 Å². The minimum atomic E-state index is -0.307. The van der Waals surface area contributed by atoms with Gasteiger partial charge < -0.3 is 14.2 Å². The van der Waals surface area contributed by atoms with Gasteiger partial charge in [-0.2, -0.15) is 0 Å². The number of rotatable bonds is 5. The number of ether oxygens (including phenoxy) is 3. The molecule has 3 fully saturated rings. The second-order valence-corrected chi connectivity index (χ2v) is 6.40. The van der Waals surface area contributed by atoms with E-state index in [1.807, 2.05) is 6.92 Å². The van der Waals surface area contributed by atoms with Gasteiger partial charge in [-0.25, -0.2) is 4.79 Å². The van der Waals surface area contributed by atoms with E-state index in [0.29, 0.717) is 30.3 Å². The van der Waals surface area contributed by atoms with Gasteiger partial charge in [0.25, 0.3) is 0 Å². The highest BCUT2D eigenvalue weighted by Crippen LogP contribution is 2.44. The zero-order valence-electron chi connectivity index (χ0n) is 11.7. The van der Waals surface area contributed by atoms with Crippen LogP contribution < -0.4 is 0 Å². The molecule has 19 heavy (non-hydrogen) atoms. The van der Waals surface area contributed by atoms with Gasteiger partial charge in [-0.1, -0.05) is 6.58 Å². The average molecular weight is 266 g/mol. The summed E-state index contributed by atoms with van der Waals surface area (Å²) in [6.45, 7) is 8.01. The number of epoxide rings is 2. The van der Waals surface area contributed by atoms with Crippen molar-refractivity contribution in [3.8, 4) is 0 Å². The Kier molecular flexibility index (Phi) is 3.18. The van der Waals surface area contributed by atoms with Crippen molar-refractivity contribution < 1.29 is 19.0 Å². The Morgan fingerprint density at radius 2 is 2.21 bits per heavy atom. The van der Waals surface area contributed by atoms with E-state index in [2.05, 4.69) is 6.58 Å². The third kappa shape index (κ3) is 2.84. The first-order valence-electron chi connectivity index (χ1n) is 7.14. The maximum absolute atomic E-state index is 11.7. The van der Waals surface area contributed by atoms with Crippen LogP contribution in [0.1, 0.15) is 39.5 Å². The lowest BCUT2D eigenvalue weighted by Gasteiger charge is -2.27. The molecule has 0 amide bonds. The number of fused-ring (bicyclic) bond motifs is 1. The zero-order chi connectivity index (χ0) is 13.6. The number of esters is 1. The van der Waals surface area contributed by atoms with Crippen molar-refractivity contribution in [2.75, 3.05) is 6.61 Å². The van der Waals surface area contributed by atoms with Gasteiger partial charge in [0.15, 0.2) is 0 Å². The zero-order valence-corrected chi connectivity index (χ0v) is 11.7. The normalized spacial score (nSPS) is 41.1. The molecular weight excluding hydrogens is 244 g/mol. The molecular formula is C15H22O4. The minimum Gasteiger partial charge on any atom is -0.456 e. The van der Waals surface area contributed by atoms with E-state index in [1.165, 1.54) is 6.42 Å². The molecule has 106 valence electrons. The summed E-state index contributed by atoms with van der Waals surface area (Å²) >= 11 is 0. The first kappa shape index (κ1) is 13.1. The van der Waals surface area contributed by atoms with Crippen LogP contribution in [0.3, 0.4) is 0 Å². The Labute approximate surface area is 114 Å². The van der Waals surface area contributed by atoms with E-state index in [-0.39, 0.29) is 17.7 Å². The van der Waals surface area contributed by atoms with Crippen LogP contribution >= 0.6 is 0 Å². The largest absolute Gasteiger partial charge is 0.456 e. The summed E-state index contributed by atoms with van der Waals surface area (Å²) < 4.78 is 16.6. The molecule has 0 aromatic heterocycles. The fourth-order valence-electron chi connectivity index (χ4n) is 2.96. The topological polar surface area (TPSA) is 51.4 Å². The molecule has 0 N–H and O–H groups in total. The smallest absolute Gasteiger partial charge is 0.333 e. The summed E-state index contributed by atoms with van der Waals surface area (Å²) in [7, 11) is 0. The summed E-state index contributed by atoms with van der Waals surface area (Å²) in [5.41, 5.74) is 0.162. The average Bonchev–Trinajstić information content (AvgIpc) is 3.24. The van der Waals surface area contributed by atoms with Crippen LogP contribution in [0.4, 0.5) is 0 Å². The lowest BCUT2D eigenvalue weighted by Crippen LogP contribution is -2.35. The molecule has 4 nitrogen and oxygen atoms in total. The Hall–Kier alpha value is -0.870. The standard InChI is InChI=1S/C15H22O4/c1-9(2)14(16)19-13(15(3)8-17-15)7-10-4-5-11-12(6-10)18-11/h10-13H,1,4-8H2,2-3H3. The van der Waals surface area contributed by atoms with Gasteiger partial charge in [-0.05, 0) is 45.4 Å². The predicted molar refractivity (Wildman–Crippen MR) is 69.7 cm³/mol. The fraction of sp³-hybridized carbons (Fsp3) is 0.800. The number of hydrogen-bond acceptors (Lipinski definition) is 4. The van der Waals surface area contributed by atoms with E-state index in [0.717, 1.165) is 19.3 Å². The van der Waals surface area contributed by atoms with Gasteiger partial charge in [0.1, 0.15) is 11.7 Å². The first-order valence-corrected chi connectivity index (χ1v) is 7.14. The molecule has 0 aromatic rings. The van der Waals surface area contributed by atoms with Crippen molar-refractivity contribution in [2.24, 2.45) is 5.92 Å². The van der Waals surface area contributed by atoms with Crippen molar-refractivity contribution >= 4 is 5.97 Å². The molecule has 3 rings (SSSR count). The van der Waals surface area contributed by atoms with E-state index in [9.17, 15) is 4.79 Å². The molecule has 1 saturated carbocycles. The van der Waals surface area contributed by atoms with Crippen LogP contribution in [-0.2, 0) is 19.0 Å². The molecule has 5 unspecified atom stereocenters. The highest BCUT2D eigenvalue weighted by atomic mass is 16.6. The molecule has 0 aromatic carbocycles. The number of carbonyl (C=O) groups is 1. The van der Waals surface area contributed by atoms with Crippen LogP contribution in [0.2, 0.25) is 0 Å². The molecule has 2 aliphatic heterocycles.